The van der Waals surface area contributed by atoms with Crippen LogP contribution in [0.15, 0.2) is 48.5 Å². The Morgan fingerprint density at radius 2 is 1.60 bits per heavy atom. The van der Waals surface area contributed by atoms with Gasteiger partial charge in [-0.1, -0.05) is 24.6 Å². The SMILES string of the molecule is CC[C@@H](C)NC(=O)[C@H]1COC2(CCN(C(=O)c3ccc(F)cc3)CC2)N1C(=O)c1ccc(C)cc1. The van der Waals surface area contributed by atoms with E-state index in [1.54, 1.807) is 21.9 Å². The molecule has 0 saturated carbocycles. The molecule has 4 rings (SSSR count). The number of likely N-dealkylation sites (tertiary alicyclic amines) is 1. The van der Waals surface area contributed by atoms with Gasteiger partial charge in [0, 0.05) is 43.1 Å². The zero-order chi connectivity index (χ0) is 25.2. The Balaban J connectivity index is 1.57. The molecule has 8 heteroatoms. The number of hydrogen-bond donors (Lipinski definition) is 1. The van der Waals surface area contributed by atoms with Crippen LogP contribution in [-0.4, -0.2) is 65.0 Å². The fourth-order valence-electron chi connectivity index (χ4n) is 4.68. The molecule has 1 spiro atoms. The highest BCUT2D eigenvalue weighted by Gasteiger charge is 2.54. The third-order valence-corrected chi connectivity index (χ3v) is 7.00. The molecule has 186 valence electrons. The molecule has 3 amide bonds. The Bertz CT molecular complexity index is 1080. The van der Waals surface area contributed by atoms with Crippen molar-refractivity contribution in [3.8, 4) is 0 Å². The molecule has 35 heavy (non-hydrogen) atoms. The molecule has 0 radical (unpaired) electrons. The third-order valence-electron chi connectivity index (χ3n) is 7.00. The minimum Gasteiger partial charge on any atom is -0.353 e. The van der Waals surface area contributed by atoms with Crippen LogP contribution in [0.25, 0.3) is 0 Å². The van der Waals surface area contributed by atoms with Gasteiger partial charge < -0.3 is 15.0 Å². The number of piperidine rings is 1. The highest BCUT2D eigenvalue weighted by atomic mass is 19.1. The average molecular weight is 482 g/mol. The molecule has 2 aromatic rings. The number of nitrogens with one attached hydrogen (secondary N) is 1. The van der Waals surface area contributed by atoms with Crippen molar-refractivity contribution in [2.24, 2.45) is 0 Å². The quantitative estimate of drug-likeness (QED) is 0.709. The van der Waals surface area contributed by atoms with E-state index in [0.717, 1.165) is 12.0 Å². The largest absolute Gasteiger partial charge is 0.353 e. The lowest BCUT2D eigenvalue weighted by Crippen LogP contribution is -2.60. The van der Waals surface area contributed by atoms with Gasteiger partial charge in [0.05, 0.1) is 6.61 Å². The van der Waals surface area contributed by atoms with Crippen LogP contribution in [0.3, 0.4) is 0 Å². The first-order valence-electron chi connectivity index (χ1n) is 12.1. The van der Waals surface area contributed by atoms with E-state index in [0.29, 0.717) is 37.1 Å². The normalized spacial score (nSPS) is 20.1. The number of rotatable bonds is 5. The van der Waals surface area contributed by atoms with Crippen molar-refractivity contribution in [2.75, 3.05) is 19.7 Å². The smallest absolute Gasteiger partial charge is 0.256 e. The Morgan fingerprint density at radius 3 is 2.20 bits per heavy atom. The van der Waals surface area contributed by atoms with Crippen molar-refractivity contribution < 1.29 is 23.5 Å². The minimum atomic E-state index is -0.973. The van der Waals surface area contributed by atoms with Crippen LogP contribution in [-0.2, 0) is 9.53 Å². The number of halogens is 1. The first-order chi connectivity index (χ1) is 16.7. The maximum Gasteiger partial charge on any atom is 0.256 e. The second-order valence-corrected chi connectivity index (χ2v) is 9.43. The van der Waals surface area contributed by atoms with E-state index in [2.05, 4.69) is 5.32 Å². The minimum absolute atomic E-state index is 0.0226. The summed E-state index contributed by atoms with van der Waals surface area (Å²) in [6, 6.07) is 12.0. The molecule has 2 heterocycles. The maximum atomic E-state index is 13.7. The topological polar surface area (TPSA) is 79.0 Å². The molecule has 2 aliphatic rings. The highest BCUT2D eigenvalue weighted by Crippen LogP contribution is 2.39. The Hall–Kier alpha value is -3.26. The van der Waals surface area contributed by atoms with E-state index in [1.165, 1.54) is 24.3 Å². The molecule has 0 unspecified atom stereocenters. The van der Waals surface area contributed by atoms with E-state index in [9.17, 15) is 18.8 Å². The van der Waals surface area contributed by atoms with Crippen LogP contribution in [0.1, 0.15) is 59.4 Å². The summed E-state index contributed by atoms with van der Waals surface area (Å²) in [5, 5.41) is 2.98. The lowest BCUT2D eigenvalue weighted by Gasteiger charge is -2.44. The fraction of sp³-hybridized carbons (Fsp3) is 0.444. The third kappa shape index (κ3) is 5.07. The van der Waals surface area contributed by atoms with E-state index >= 15 is 0 Å². The maximum absolute atomic E-state index is 13.7. The van der Waals surface area contributed by atoms with Crippen molar-refractivity contribution >= 4 is 17.7 Å². The summed E-state index contributed by atoms with van der Waals surface area (Å²) >= 11 is 0. The number of ether oxygens (including phenoxy) is 1. The number of aryl methyl sites for hydroxylation is 1. The van der Waals surface area contributed by atoms with Crippen LogP contribution in [0.5, 0.6) is 0 Å². The molecule has 0 bridgehead atoms. The van der Waals surface area contributed by atoms with Crippen molar-refractivity contribution in [2.45, 2.75) is 57.8 Å². The standard InChI is InChI=1S/C27H32FN3O4/c1-4-19(3)29-24(32)23-17-35-27(31(23)26(34)21-7-5-18(2)6-8-21)13-15-30(16-14-27)25(33)20-9-11-22(28)12-10-20/h5-12,19,23H,4,13-17H2,1-3H3,(H,29,32)/t19-,23-/m1/s1. The van der Waals surface area contributed by atoms with E-state index in [4.69, 9.17) is 4.74 Å². The van der Waals surface area contributed by atoms with Crippen LogP contribution in [0.2, 0.25) is 0 Å². The van der Waals surface area contributed by atoms with Gasteiger partial charge >= 0.3 is 0 Å². The van der Waals surface area contributed by atoms with Gasteiger partial charge in [-0.2, -0.15) is 0 Å². The van der Waals surface area contributed by atoms with Crippen molar-refractivity contribution in [3.05, 3.63) is 71.0 Å². The molecule has 0 aliphatic carbocycles. The number of nitrogens with zero attached hydrogens (tertiary/aromatic N) is 2. The van der Waals surface area contributed by atoms with Gasteiger partial charge in [-0.3, -0.25) is 19.3 Å². The summed E-state index contributed by atoms with van der Waals surface area (Å²) in [5.74, 6) is -1.09. The monoisotopic (exact) mass is 481 g/mol. The number of carbonyl (C=O) groups is 3. The second kappa shape index (κ2) is 10.2. The van der Waals surface area contributed by atoms with Gasteiger partial charge in [-0.15, -0.1) is 0 Å². The van der Waals surface area contributed by atoms with Crippen LogP contribution in [0.4, 0.5) is 4.39 Å². The van der Waals surface area contributed by atoms with Crippen LogP contribution in [0, 0.1) is 12.7 Å². The first-order valence-corrected chi connectivity index (χ1v) is 12.1. The van der Waals surface area contributed by atoms with Crippen molar-refractivity contribution in [1.82, 2.24) is 15.1 Å². The zero-order valence-corrected chi connectivity index (χ0v) is 20.4. The fourth-order valence-corrected chi connectivity index (χ4v) is 4.68. The Labute approximate surface area is 205 Å². The van der Waals surface area contributed by atoms with Gasteiger partial charge in [-0.25, -0.2) is 4.39 Å². The second-order valence-electron chi connectivity index (χ2n) is 9.43. The van der Waals surface area contributed by atoms with E-state index < -0.39 is 17.6 Å². The predicted octanol–water partition coefficient (Wildman–Crippen LogP) is 3.52. The molecule has 7 nitrogen and oxygen atoms in total. The molecule has 1 N–H and O–H groups in total. The van der Waals surface area contributed by atoms with Gasteiger partial charge in [0.2, 0.25) is 5.91 Å². The van der Waals surface area contributed by atoms with Crippen molar-refractivity contribution in [1.29, 1.82) is 0 Å². The Kier molecular flexibility index (Phi) is 7.21. The molecule has 2 aromatic carbocycles. The average Bonchev–Trinajstić information content (AvgIpc) is 3.23. The predicted molar refractivity (Wildman–Crippen MR) is 129 cm³/mol. The summed E-state index contributed by atoms with van der Waals surface area (Å²) in [6.07, 6.45) is 1.53. The van der Waals surface area contributed by atoms with Gasteiger partial charge in [0.15, 0.2) is 0 Å². The number of benzene rings is 2. The van der Waals surface area contributed by atoms with Crippen LogP contribution >= 0.6 is 0 Å². The Morgan fingerprint density at radius 1 is 1.03 bits per heavy atom. The van der Waals surface area contributed by atoms with Crippen LogP contribution < -0.4 is 5.32 Å². The van der Waals surface area contributed by atoms with Crippen molar-refractivity contribution in [3.63, 3.8) is 0 Å². The molecule has 0 aromatic heterocycles. The molecule has 2 atom stereocenters. The molecule has 2 aliphatic heterocycles. The number of carbonyl (C=O) groups excluding carboxylic acids is 3. The summed E-state index contributed by atoms with van der Waals surface area (Å²) < 4.78 is 19.5. The molecule has 2 fully saturated rings. The molecular formula is C27H32FN3O4. The molecular weight excluding hydrogens is 449 g/mol. The first kappa shape index (κ1) is 24.9. The van der Waals surface area contributed by atoms with Gasteiger partial charge in [-0.05, 0) is 56.7 Å². The molecule has 2 saturated heterocycles. The summed E-state index contributed by atoms with van der Waals surface area (Å²) in [5.41, 5.74) is 0.964. The number of hydrogen-bond acceptors (Lipinski definition) is 4. The lowest BCUT2D eigenvalue weighted by molar-refractivity contribution is -0.128. The van der Waals surface area contributed by atoms with Gasteiger partial charge in [0.1, 0.15) is 17.6 Å². The highest BCUT2D eigenvalue weighted by molar-refractivity contribution is 5.98. The summed E-state index contributed by atoms with van der Waals surface area (Å²) in [4.78, 5) is 43.1. The lowest BCUT2D eigenvalue weighted by atomic mass is 9.96. The summed E-state index contributed by atoms with van der Waals surface area (Å²) in [7, 11) is 0. The zero-order valence-electron chi connectivity index (χ0n) is 20.4. The summed E-state index contributed by atoms with van der Waals surface area (Å²) in [6.45, 7) is 6.67. The van der Waals surface area contributed by atoms with E-state index in [1.807, 2.05) is 32.9 Å². The van der Waals surface area contributed by atoms with Gasteiger partial charge in [0.25, 0.3) is 11.8 Å². The number of amides is 3. The van der Waals surface area contributed by atoms with E-state index in [-0.39, 0.29) is 30.4 Å².